The van der Waals surface area contributed by atoms with Gasteiger partial charge >= 0.3 is 5.97 Å². The summed E-state index contributed by atoms with van der Waals surface area (Å²) in [7, 11) is 0. The van der Waals surface area contributed by atoms with Crippen LogP contribution in [0.25, 0.3) is 0 Å². The van der Waals surface area contributed by atoms with Gasteiger partial charge in [-0.3, -0.25) is 4.79 Å². The molecule has 3 rings (SSSR count). The highest BCUT2D eigenvalue weighted by Crippen LogP contribution is 2.29. The number of nitrogens with one attached hydrogen (secondary N) is 1. The molecule has 0 fully saturated rings. The number of carbonyl (C=O) groups is 2. The summed E-state index contributed by atoms with van der Waals surface area (Å²) in [5.41, 5.74) is 5.16. The fourth-order valence-corrected chi connectivity index (χ4v) is 2.71. The van der Waals surface area contributed by atoms with Crippen LogP contribution in [0.5, 0.6) is 11.5 Å². The summed E-state index contributed by atoms with van der Waals surface area (Å²) in [6.45, 7) is 4.16. The molecule has 1 N–H and O–H groups in total. The largest absolute Gasteiger partial charge is 0.490 e. The van der Waals surface area contributed by atoms with Crippen molar-refractivity contribution in [1.82, 2.24) is 5.43 Å². The van der Waals surface area contributed by atoms with Gasteiger partial charge in [0.15, 0.2) is 11.5 Å². The molecule has 3 aromatic carbocycles. The summed E-state index contributed by atoms with van der Waals surface area (Å²) >= 11 is 0. The lowest BCUT2D eigenvalue weighted by atomic mass is 10.1. The molecular formula is C24H22N2O4. The zero-order valence-corrected chi connectivity index (χ0v) is 16.8. The summed E-state index contributed by atoms with van der Waals surface area (Å²) in [6.07, 6.45) is 1.50. The summed E-state index contributed by atoms with van der Waals surface area (Å²) in [6, 6.07) is 21.0. The number of aryl methyl sites for hydroxylation is 1. The smallest absolute Gasteiger partial charge is 0.343 e. The molecule has 0 aliphatic carbocycles. The predicted octanol–water partition coefficient (Wildman–Crippen LogP) is 4.38. The van der Waals surface area contributed by atoms with E-state index in [0.717, 1.165) is 5.56 Å². The molecule has 0 saturated heterocycles. The minimum atomic E-state index is -0.469. The molecule has 152 valence electrons. The highest BCUT2D eigenvalue weighted by Gasteiger charge is 2.13. The number of benzene rings is 3. The van der Waals surface area contributed by atoms with Gasteiger partial charge < -0.3 is 9.47 Å². The maximum atomic E-state index is 12.3. The molecule has 0 aromatic heterocycles. The number of hydrazone groups is 1. The zero-order chi connectivity index (χ0) is 21.3. The molecule has 0 bridgehead atoms. The number of carbonyl (C=O) groups excluding carboxylic acids is 2. The van der Waals surface area contributed by atoms with Crippen molar-refractivity contribution >= 4 is 18.1 Å². The fourth-order valence-electron chi connectivity index (χ4n) is 2.71. The Balaban J connectivity index is 1.70. The summed E-state index contributed by atoms with van der Waals surface area (Å²) in [5, 5.41) is 4.00. The highest BCUT2D eigenvalue weighted by molar-refractivity contribution is 5.95. The standard InChI is InChI=1S/C24H22N2O4/c1-3-29-22-15-18(16-25-26-23(27)20-11-7-8-17(2)14-20)12-13-21(22)30-24(28)19-9-5-4-6-10-19/h4-16H,3H2,1-2H3,(H,26,27)/b25-16+. The van der Waals surface area contributed by atoms with Crippen molar-refractivity contribution in [2.24, 2.45) is 5.10 Å². The Hall–Kier alpha value is -3.93. The second kappa shape index (κ2) is 10.0. The molecular weight excluding hydrogens is 380 g/mol. The molecule has 0 aliphatic rings. The molecule has 0 atom stereocenters. The number of nitrogens with zero attached hydrogens (tertiary/aromatic N) is 1. The van der Waals surface area contributed by atoms with E-state index >= 15 is 0 Å². The molecule has 0 unspecified atom stereocenters. The third-order valence-corrected chi connectivity index (χ3v) is 4.14. The number of esters is 1. The molecule has 6 nitrogen and oxygen atoms in total. The van der Waals surface area contributed by atoms with Gasteiger partial charge in [0.1, 0.15) is 0 Å². The van der Waals surface area contributed by atoms with Crippen molar-refractivity contribution in [2.75, 3.05) is 6.61 Å². The fraction of sp³-hybridized carbons (Fsp3) is 0.125. The second-order valence-corrected chi connectivity index (χ2v) is 6.46. The highest BCUT2D eigenvalue weighted by atomic mass is 16.6. The molecule has 0 aliphatic heterocycles. The Morgan fingerprint density at radius 1 is 0.933 bits per heavy atom. The van der Waals surface area contributed by atoms with Gasteiger partial charge in [-0.25, -0.2) is 10.2 Å². The summed E-state index contributed by atoms with van der Waals surface area (Å²) in [5.74, 6) is -0.0424. The Kier molecular flexibility index (Phi) is 6.95. The van der Waals surface area contributed by atoms with E-state index in [-0.39, 0.29) is 5.91 Å². The van der Waals surface area contributed by atoms with Crippen LogP contribution in [0.4, 0.5) is 0 Å². The van der Waals surface area contributed by atoms with E-state index in [1.807, 2.05) is 32.0 Å². The van der Waals surface area contributed by atoms with Crippen LogP contribution in [0.2, 0.25) is 0 Å². The van der Waals surface area contributed by atoms with E-state index in [9.17, 15) is 9.59 Å². The van der Waals surface area contributed by atoms with Crippen molar-refractivity contribution in [2.45, 2.75) is 13.8 Å². The first-order valence-electron chi connectivity index (χ1n) is 9.51. The monoisotopic (exact) mass is 402 g/mol. The quantitative estimate of drug-likeness (QED) is 0.275. The van der Waals surface area contributed by atoms with E-state index in [4.69, 9.17) is 9.47 Å². The van der Waals surface area contributed by atoms with Crippen LogP contribution in [0.1, 0.15) is 38.8 Å². The number of hydrogen-bond acceptors (Lipinski definition) is 5. The minimum Gasteiger partial charge on any atom is -0.490 e. The summed E-state index contributed by atoms with van der Waals surface area (Å²) < 4.78 is 11.1. The molecule has 1 amide bonds. The number of hydrogen-bond donors (Lipinski definition) is 1. The molecule has 0 radical (unpaired) electrons. The molecule has 0 spiro atoms. The van der Waals surface area contributed by atoms with Gasteiger partial charge in [0.25, 0.3) is 5.91 Å². The maximum absolute atomic E-state index is 12.3. The van der Waals surface area contributed by atoms with Crippen LogP contribution >= 0.6 is 0 Å². The predicted molar refractivity (Wildman–Crippen MR) is 115 cm³/mol. The van der Waals surface area contributed by atoms with Crippen LogP contribution in [-0.2, 0) is 0 Å². The van der Waals surface area contributed by atoms with Crippen molar-refractivity contribution in [3.05, 3.63) is 95.1 Å². The Morgan fingerprint density at radius 2 is 1.70 bits per heavy atom. The van der Waals surface area contributed by atoms with Crippen molar-refractivity contribution in [3.8, 4) is 11.5 Å². The van der Waals surface area contributed by atoms with E-state index in [1.165, 1.54) is 6.21 Å². The third kappa shape index (κ3) is 5.54. The van der Waals surface area contributed by atoms with Crippen LogP contribution in [0, 0.1) is 6.92 Å². The molecule has 3 aromatic rings. The van der Waals surface area contributed by atoms with Gasteiger partial charge in [-0.15, -0.1) is 0 Å². The third-order valence-electron chi connectivity index (χ3n) is 4.14. The topological polar surface area (TPSA) is 77.0 Å². The van der Waals surface area contributed by atoms with Crippen LogP contribution in [0.15, 0.2) is 77.9 Å². The van der Waals surface area contributed by atoms with Crippen LogP contribution < -0.4 is 14.9 Å². The average Bonchev–Trinajstić information content (AvgIpc) is 2.76. The van der Waals surface area contributed by atoms with Gasteiger partial charge in [0, 0.05) is 5.56 Å². The van der Waals surface area contributed by atoms with Gasteiger partial charge in [0.2, 0.25) is 0 Å². The van der Waals surface area contributed by atoms with Crippen LogP contribution in [-0.4, -0.2) is 24.7 Å². The lowest BCUT2D eigenvalue weighted by molar-refractivity contribution is 0.0728. The molecule has 6 heteroatoms. The van der Waals surface area contributed by atoms with Gasteiger partial charge in [-0.1, -0.05) is 35.9 Å². The molecule has 0 saturated carbocycles. The SMILES string of the molecule is CCOc1cc(/C=N/NC(=O)c2cccc(C)c2)ccc1OC(=O)c1ccccc1. The average molecular weight is 402 g/mol. The van der Waals surface area contributed by atoms with Gasteiger partial charge in [-0.2, -0.15) is 5.10 Å². The van der Waals surface area contributed by atoms with Crippen LogP contribution in [0.3, 0.4) is 0 Å². The van der Waals surface area contributed by atoms with Crippen molar-refractivity contribution < 1.29 is 19.1 Å². The first-order valence-corrected chi connectivity index (χ1v) is 9.51. The van der Waals surface area contributed by atoms with Crippen molar-refractivity contribution in [3.63, 3.8) is 0 Å². The Labute approximate surface area is 175 Å². The number of ether oxygens (including phenoxy) is 2. The van der Waals surface area contributed by atoms with E-state index in [1.54, 1.807) is 54.6 Å². The van der Waals surface area contributed by atoms with Gasteiger partial charge in [0.05, 0.1) is 18.4 Å². The normalized spacial score (nSPS) is 10.6. The lowest BCUT2D eigenvalue weighted by Gasteiger charge is -2.11. The Bertz CT molecular complexity index is 1060. The van der Waals surface area contributed by atoms with E-state index in [2.05, 4.69) is 10.5 Å². The second-order valence-electron chi connectivity index (χ2n) is 6.46. The number of amides is 1. The first-order chi connectivity index (χ1) is 14.6. The maximum Gasteiger partial charge on any atom is 0.343 e. The van der Waals surface area contributed by atoms with Gasteiger partial charge in [-0.05, 0) is 61.9 Å². The Morgan fingerprint density at radius 3 is 2.43 bits per heavy atom. The van der Waals surface area contributed by atoms with E-state index < -0.39 is 5.97 Å². The molecule has 30 heavy (non-hydrogen) atoms. The first kappa shape index (κ1) is 20.8. The lowest BCUT2D eigenvalue weighted by Crippen LogP contribution is -2.17. The number of rotatable bonds is 7. The summed E-state index contributed by atoms with van der Waals surface area (Å²) in [4.78, 5) is 24.5. The van der Waals surface area contributed by atoms with E-state index in [0.29, 0.717) is 34.8 Å². The minimum absolute atomic E-state index is 0.298. The zero-order valence-electron chi connectivity index (χ0n) is 16.8. The van der Waals surface area contributed by atoms with Crippen molar-refractivity contribution in [1.29, 1.82) is 0 Å². The molecule has 0 heterocycles.